The second-order valence-corrected chi connectivity index (χ2v) is 11.6. The van der Waals surface area contributed by atoms with Crippen molar-refractivity contribution in [3.8, 4) is 22.4 Å². The molecule has 0 spiro atoms. The highest BCUT2D eigenvalue weighted by Gasteiger charge is 2.55. The van der Waals surface area contributed by atoms with E-state index in [1.54, 1.807) is 48.5 Å². The van der Waals surface area contributed by atoms with Crippen LogP contribution in [0.2, 0.25) is 10.0 Å². The minimum Gasteiger partial charge on any atom is -0.467 e. The molecule has 5 atom stereocenters. The summed E-state index contributed by atoms with van der Waals surface area (Å²) in [6, 6.07) is 13.2. The summed E-state index contributed by atoms with van der Waals surface area (Å²) >= 11 is 12.2. The van der Waals surface area contributed by atoms with E-state index < -0.39 is 65.9 Å². The van der Waals surface area contributed by atoms with Crippen molar-refractivity contribution in [2.24, 2.45) is 0 Å². The van der Waals surface area contributed by atoms with E-state index in [-0.39, 0.29) is 30.0 Å². The molecule has 1 aromatic heterocycles. The molecule has 0 amide bonds. The molecule has 1 aliphatic heterocycles. The molecule has 260 valence electrons. The lowest BCUT2D eigenvalue weighted by Gasteiger charge is -2.43. The quantitative estimate of drug-likeness (QED) is 0.159. The Kier molecular flexibility index (Phi) is 12.3. The van der Waals surface area contributed by atoms with Crippen molar-refractivity contribution in [2.75, 3.05) is 13.7 Å². The fraction of sp³-hybridized carbons (Fsp3) is 0.364. The van der Waals surface area contributed by atoms with Crippen LogP contribution < -0.4 is 5.56 Å². The summed E-state index contributed by atoms with van der Waals surface area (Å²) in [5.41, 5.74) is 0.721. The van der Waals surface area contributed by atoms with Crippen LogP contribution >= 0.6 is 23.2 Å². The average molecular weight is 720 g/mol. The van der Waals surface area contributed by atoms with Gasteiger partial charge in [0.2, 0.25) is 0 Å². The molecule has 1 fully saturated rings. The van der Waals surface area contributed by atoms with Gasteiger partial charge >= 0.3 is 23.9 Å². The second kappa shape index (κ2) is 16.2. The first kappa shape index (κ1) is 37.2. The average Bonchev–Trinajstić information content (AvgIpc) is 3.03. The van der Waals surface area contributed by atoms with Crippen LogP contribution in [-0.2, 0) is 54.1 Å². The number of ether oxygens (including phenoxy) is 6. The molecule has 0 radical (unpaired) electrons. The molecule has 0 unspecified atom stereocenters. The number of halogens is 2. The number of methoxy groups -OCH3 is 1. The van der Waals surface area contributed by atoms with E-state index in [0.717, 1.165) is 32.6 Å². The van der Waals surface area contributed by atoms with Crippen LogP contribution in [0.4, 0.5) is 0 Å². The number of esters is 4. The number of carbonyl (C=O) groups excluding carboxylic acids is 5. The molecule has 16 heteroatoms. The summed E-state index contributed by atoms with van der Waals surface area (Å²) in [4.78, 5) is 75.7. The van der Waals surface area contributed by atoms with E-state index in [9.17, 15) is 28.8 Å². The number of rotatable bonds is 11. The van der Waals surface area contributed by atoms with Crippen LogP contribution in [0, 0.1) is 0 Å². The van der Waals surface area contributed by atoms with Gasteiger partial charge in [-0.15, -0.1) is 0 Å². The molecule has 14 nitrogen and oxygen atoms in total. The third-order valence-electron chi connectivity index (χ3n) is 7.18. The topological polar surface area (TPSA) is 176 Å². The second-order valence-electron chi connectivity index (χ2n) is 10.7. The highest BCUT2D eigenvalue weighted by atomic mass is 35.5. The van der Waals surface area contributed by atoms with Crippen molar-refractivity contribution in [3.05, 3.63) is 74.5 Å². The molecule has 2 heterocycles. The van der Waals surface area contributed by atoms with Gasteiger partial charge in [0.25, 0.3) is 5.56 Å². The van der Waals surface area contributed by atoms with Crippen molar-refractivity contribution in [2.45, 2.75) is 64.9 Å². The molecule has 49 heavy (non-hydrogen) atoms. The minimum atomic E-state index is -1.67. The van der Waals surface area contributed by atoms with Crippen LogP contribution in [0.15, 0.2) is 53.3 Å². The van der Waals surface area contributed by atoms with Gasteiger partial charge in [-0.25, -0.2) is 9.48 Å². The lowest BCUT2D eigenvalue weighted by Crippen LogP contribution is -2.64. The van der Waals surface area contributed by atoms with Crippen LogP contribution in [0.1, 0.15) is 38.1 Å². The van der Waals surface area contributed by atoms with Gasteiger partial charge in [-0.3, -0.25) is 24.0 Å². The number of ketones is 1. The maximum atomic E-state index is 13.8. The lowest BCUT2D eigenvalue weighted by atomic mass is 9.94. The van der Waals surface area contributed by atoms with Gasteiger partial charge in [0.1, 0.15) is 0 Å². The molecule has 4 rings (SSSR count). The van der Waals surface area contributed by atoms with Crippen molar-refractivity contribution in [3.63, 3.8) is 0 Å². The highest BCUT2D eigenvalue weighted by Crippen LogP contribution is 2.34. The lowest BCUT2D eigenvalue weighted by molar-refractivity contribution is -0.302. The first-order chi connectivity index (χ1) is 23.2. The van der Waals surface area contributed by atoms with E-state index in [4.69, 9.17) is 51.6 Å². The molecule has 0 saturated carbocycles. The summed E-state index contributed by atoms with van der Waals surface area (Å²) < 4.78 is 33.4. The van der Waals surface area contributed by atoms with Gasteiger partial charge in [-0.2, -0.15) is 5.10 Å². The zero-order valence-electron chi connectivity index (χ0n) is 27.0. The smallest absolute Gasteiger partial charge is 0.339 e. The van der Waals surface area contributed by atoms with E-state index in [1.807, 2.05) is 0 Å². The van der Waals surface area contributed by atoms with Gasteiger partial charge in [0.15, 0.2) is 36.5 Å². The van der Waals surface area contributed by atoms with E-state index >= 15 is 0 Å². The molecular formula is C33H32Cl2N2O12. The largest absolute Gasteiger partial charge is 0.467 e. The number of hydrogen-bond acceptors (Lipinski definition) is 13. The molecule has 0 aliphatic carbocycles. The molecule has 0 N–H and O–H groups in total. The Morgan fingerprint density at radius 1 is 0.776 bits per heavy atom. The Hall–Kier alpha value is -4.63. The number of aromatic nitrogens is 2. The van der Waals surface area contributed by atoms with Crippen LogP contribution in [0.5, 0.6) is 0 Å². The minimum absolute atomic E-state index is 0.154. The summed E-state index contributed by atoms with van der Waals surface area (Å²) in [5, 5.41) is 5.49. The Labute approximate surface area is 290 Å². The van der Waals surface area contributed by atoms with Gasteiger partial charge < -0.3 is 28.4 Å². The van der Waals surface area contributed by atoms with Gasteiger partial charge in [-0.05, 0) is 36.8 Å². The Balaban J connectivity index is 1.75. The van der Waals surface area contributed by atoms with Crippen molar-refractivity contribution >= 4 is 52.9 Å². The number of Topliss-reactive ketones (excluding diaryl/α,β-unsaturated/α-hetero) is 1. The molecule has 1 saturated heterocycles. The van der Waals surface area contributed by atoms with E-state index in [2.05, 4.69) is 5.10 Å². The summed E-state index contributed by atoms with van der Waals surface area (Å²) in [7, 11) is 1.06. The molecule has 0 bridgehead atoms. The van der Waals surface area contributed by atoms with Crippen molar-refractivity contribution in [1.82, 2.24) is 9.78 Å². The zero-order chi connectivity index (χ0) is 36.0. The van der Waals surface area contributed by atoms with Crippen molar-refractivity contribution < 1.29 is 52.4 Å². The zero-order valence-corrected chi connectivity index (χ0v) is 28.5. The normalized spacial score (nSPS) is 20.2. The van der Waals surface area contributed by atoms with Gasteiger partial charge in [0, 0.05) is 41.9 Å². The Bertz CT molecular complexity index is 1790. The fourth-order valence-corrected chi connectivity index (χ4v) is 5.48. The third kappa shape index (κ3) is 8.89. The SMILES string of the molecule is COC(=O)[C@H]1O[C@@H](OCCn2nc(-c3ccc(Cl)cc3)c(-c3ccc(Cl)cc3)c(C(C)=O)c2=O)[C@H](OC(C)=O)[C@@H](OC(C)=O)[C@@H]1OC(C)=O. The third-order valence-corrected chi connectivity index (χ3v) is 7.68. The van der Waals surface area contributed by atoms with Crippen molar-refractivity contribution in [1.29, 1.82) is 0 Å². The number of carbonyl (C=O) groups is 5. The Morgan fingerprint density at radius 2 is 1.29 bits per heavy atom. The molecule has 3 aromatic rings. The predicted octanol–water partition coefficient (Wildman–Crippen LogP) is 3.80. The monoisotopic (exact) mass is 718 g/mol. The summed E-state index contributed by atoms with van der Waals surface area (Å²) in [5.74, 6) is -4.09. The van der Waals surface area contributed by atoms with Crippen LogP contribution in [-0.4, -0.2) is 83.9 Å². The first-order valence-electron chi connectivity index (χ1n) is 14.8. The standard InChI is InChI=1S/C33H32Cl2N2O12/c1-16(38)24-25(20-6-10-22(34)11-7-20)26(21-8-12-23(35)13-9-21)36-37(31(24)42)14-15-45-33-30(48-19(4)41)28(47-18(3)40)27(46-17(2)39)29(49-33)32(43)44-5/h6-13,27-30,33H,14-15H2,1-5H3/t27-,28-,29-,30+,33+/m0/s1. The summed E-state index contributed by atoms with van der Waals surface area (Å²) in [6.45, 7) is 3.80. The van der Waals surface area contributed by atoms with Gasteiger partial charge in [-0.1, -0.05) is 47.5 Å². The van der Waals surface area contributed by atoms with Crippen LogP contribution in [0.25, 0.3) is 22.4 Å². The first-order valence-corrected chi connectivity index (χ1v) is 15.5. The van der Waals surface area contributed by atoms with Gasteiger partial charge in [0.05, 0.1) is 31.5 Å². The fourth-order valence-electron chi connectivity index (χ4n) is 5.23. The number of hydrogen-bond donors (Lipinski definition) is 0. The van der Waals surface area contributed by atoms with E-state index in [1.165, 1.54) is 6.92 Å². The highest BCUT2D eigenvalue weighted by molar-refractivity contribution is 6.31. The number of benzene rings is 2. The maximum absolute atomic E-state index is 13.8. The maximum Gasteiger partial charge on any atom is 0.339 e. The predicted molar refractivity (Wildman–Crippen MR) is 173 cm³/mol. The molecule has 1 aliphatic rings. The van der Waals surface area contributed by atoms with E-state index in [0.29, 0.717) is 21.2 Å². The number of nitrogens with zero attached hydrogens (tertiary/aromatic N) is 2. The van der Waals surface area contributed by atoms with Crippen LogP contribution in [0.3, 0.4) is 0 Å². The summed E-state index contributed by atoms with van der Waals surface area (Å²) in [6.07, 6.45) is -7.95. The molecular weight excluding hydrogens is 687 g/mol. The molecule has 2 aromatic carbocycles. The Morgan fingerprint density at radius 3 is 1.80 bits per heavy atom.